The largest absolute Gasteiger partial charge is 0.497 e. The summed E-state index contributed by atoms with van der Waals surface area (Å²) in [6, 6.07) is 16.7. The summed E-state index contributed by atoms with van der Waals surface area (Å²) in [5.74, 6) is 2.45. The van der Waals surface area contributed by atoms with Crippen LogP contribution < -0.4 is 25.0 Å². The van der Waals surface area contributed by atoms with Gasteiger partial charge >= 0.3 is 0 Å². The van der Waals surface area contributed by atoms with Gasteiger partial charge in [0.1, 0.15) is 11.5 Å². The summed E-state index contributed by atoms with van der Waals surface area (Å²) in [5.41, 5.74) is 3.37. The molecular weight excluding hydrogens is 543 g/mol. The molecule has 0 spiro atoms. The molecule has 34 heavy (non-hydrogen) atoms. The van der Waals surface area contributed by atoms with Crippen LogP contribution in [0.25, 0.3) is 5.69 Å². The number of halogens is 1. The zero-order valence-electron chi connectivity index (χ0n) is 19.9. The minimum atomic E-state index is 0. The smallest absolute Gasteiger partial charge is 0.191 e. The maximum Gasteiger partial charge on any atom is 0.191 e. The summed E-state index contributed by atoms with van der Waals surface area (Å²) in [4.78, 5) is 6.79. The molecule has 0 unspecified atom stereocenters. The Morgan fingerprint density at radius 2 is 1.71 bits per heavy atom. The van der Waals surface area contributed by atoms with Crippen LogP contribution in [0.2, 0.25) is 0 Å². The van der Waals surface area contributed by atoms with E-state index < -0.39 is 0 Å². The summed E-state index contributed by atoms with van der Waals surface area (Å²) < 4.78 is 12.7. The Labute approximate surface area is 218 Å². The molecule has 0 saturated carbocycles. The van der Waals surface area contributed by atoms with Gasteiger partial charge in [0.2, 0.25) is 0 Å². The van der Waals surface area contributed by atoms with Crippen molar-refractivity contribution in [2.45, 2.75) is 25.4 Å². The van der Waals surface area contributed by atoms with E-state index in [1.807, 2.05) is 30.1 Å². The highest BCUT2D eigenvalue weighted by atomic mass is 127. The second kappa shape index (κ2) is 12.5. The summed E-state index contributed by atoms with van der Waals surface area (Å²) in [6.45, 7) is 2.63. The fraction of sp³-hybridized carbons (Fsp3) is 0.360. The van der Waals surface area contributed by atoms with E-state index >= 15 is 0 Å². The SMILES string of the molecule is CN=C(NCc1ccc(-n2cccn2)cc1)NC1CCN(c2cc(OC)cc(OC)c2)CC1.I. The van der Waals surface area contributed by atoms with Gasteiger partial charge in [-0.1, -0.05) is 12.1 Å². The number of nitrogens with one attached hydrogen (secondary N) is 2. The first kappa shape index (κ1) is 25.7. The maximum absolute atomic E-state index is 5.42. The first-order chi connectivity index (χ1) is 16.2. The molecule has 182 valence electrons. The van der Waals surface area contributed by atoms with Crippen LogP contribution in [0.5, 0.6) is 11.5 Å². The lowest BCUT2D eigenvalue weighted by Gasteiger charge is -2.34. The number of ether oxygens (including phenoxy) is 2. The predicted molar refractivity (Wildman–Crippen MR) is 147 cm³/mol. The molecule has 4 rings (SSSR count). The number of benzene rings is 2. The van der Waals surface area contributed by atoms with Crippen molar-refractivity contribution in [3.8, 4) is 17.2 Å². The Morgan fingerprint density at radius 1 is 1.03 bits per heavy atom. The van der Waals surface area contributed by atoms with E-state index in [1.165, 1.54) is 5.56 Å². The molecule has 1 aliphatic rings. The molecule has 0 amide bonds. The number of aliphatic imine (C=N–C) groups is 1. The predicted octanol–water partition coefficient (Wildman–Crippen LogP) is 3.84. The molecule has 9 heteroatoms. The minimum absolute atomic E-state index is 0. The normalized spacial score (nSPS) is 14.3. The second-order valence-corrected chi connectivity index (χ2v) is 8.02. The third-order valence-corrected chi connectivity index (χ3v) is 5.93. The highest BCUT2D eigenvalue weighted by Crippen LogP contribution is 2.30. The van der Waals surface area contributed by atoms with Crippen molar-refractivity contribution in [2.24, 2.45) is 4.99 Å². The number of hydrogen-bond acceptors (Lipinski definition) is 5. The standard InChI is InChI=1S/C25H32N6O2.HI/c1-26-25(27-18-19-5-7-21(8-6-19)31-12-4-11-28-31)29-20-9-13-30(14-10-20)22-15-23(32-2)17-24(16-22)33-3;/h4-8,11-12,15-17,20H,9-10,13-14,18H2,1-3H3,(H2,26,27,29);1H. The number of piperidine rings is 1. The van der Waals surface area contributed by atoms with Crippen LogP contribution in [0, 0.1) is 0 Å². The molecule has 2 N–H and O–H groups in total. The van der Waals surface area contributed by atoms with E-state index in [0.717, 1.165) is 54.8 Å². The third-order valence-electron chi connectivity index (χ3n) is 5.93. The molecule has 1 fully saturated rings. The van der Waals surface area contributed by atoms with Crippen LogP contribution in [0.4, 0.5) is 5.69 Å². The van der Waals surface area contributed by atoms with Crippen LogP contribution in [-0.4, -0.2) is 56.1 Å². The maximum atomic E-state index is 5.42. The van der Waals surface area contributed by atoms with Crippen molar-refractivity contribution in [1.29, 1.82) is 0 Å². The summed E-state index contributed by atoms with van der Waals surface area (Å²) in [7, 11) is 5.18. The summed E-state index contributed by atoms with van der Waals surface area (Å²) in [6.07, 6.45) is 5.77. The first-order valence-electron chi connectivity index (χ1n) is 11.2. The van der Waals surface area contributed by atoms with Gasteiger partial charge in [-0.25, -0.2) is 4.68 Å². The fourth-order valence-electron chi connectivity index (χ4n) is 4.02. The molecule has 0 aliphatic carbocycles. The Morgan fingerprint density at radius 3 is 2.26 bits per heavy atom. The number of hydrogen-bond donors (Lipinski definition) is 2. The lowest BCUT2D eigenvalue weighted by Crippen LogP contribution is -2.48. The van der Waals surface area contributed by atoms with Gasteiger partial charge in [-0.2, -0.15) is 5.10 Å². The Bertz CT molecular complexity index is 1030. The summed E-state index contributed by atoms with van der Waals surface area (Å²) >= 11 is 0. The number of methoxy groups -OCH3 is 2. The van der Waals surface area contributed by atoms with E-state index in [0.29, 0.717) is 12.6 Å². The number of guanidine groups is 1. The van der Waals surface area contributed by atoms with Gasteiger partial charge in [0.25, 0.3) is 0 Å². The molecule has 3 aromatic rings. The van der Waals surface area contributed by atoms with E-state index in [1.54, 1.807) is 20.4 Å². The zero-order chi connectivity index (χ0) is 23.0. The molecule has 0 atom stereocenters. The van der Waals surface area contributed by atoms with Crippen LogP contribution in [0.15, 0.2) is 65.9 Å². The lowest BCUT2D eigenvalue weighted by molar-refractivity contribution is 0.393. The minimum Gasteiger partial charge on any atom is -0.497 e. The molecule has 1 saturated heterocycles. The second-order valence-electron chi connectivity index (χ2n) is 8.02. The molecule has 2 heterocycles. The average Bonchev–Trinajstić information content (AvgIpc) is 3.42. The Hall–Kier alpha value is -2.95. The van der Waals surface area contributed by atoms with Crippen molar-refractivity contribution in [1.82, 2.24) is 20.4 Å². The van der Waals surface area contributed by atoms with Crippen LogP contribution in [0.1, 0.15) is 18.4 Å². The van der Waals surface area contributed by atoms with E-state index in [-0.39, 0.29) is 24.0 Å². The highest BCUT2D eigenvalue weighted by Gasteiger charge is 2.21. The van der Waals surface area contributed by atoms with Gasteiger partial charge in [-0.05, 0) is 36.6 Å². The monoisotopic (exact) mass is 576 g/mol. The first-order valence-corrected chi connectivity index (χ1v) is 11.2. The topological polar surface area (TPSA) is 75.9 Å². The van der Waals surface area contributed by atoms with E-state index in [4.69, 9.17) is 9.47 Å². The lowest BCUT2D eigenvalue weighted by atomic mass is 10.0. The van der Waals surface area contributed by atoms with Crippen molar-refractivity contribution < 1.29 is 9.47 Å². The molecule has 2 aromatic carbocycles. The van der Waals surface area contributed by atoms with Gasteiger partial charge in [0, 0.05) is 69.0 Å². The molecule has 8 nitrogen and oxygen atoms in total. The highest BCUT2D eigenvalue weighted by molar-refractivity contribution is 14.0. The Kier molecular flexibility index (Phi) is 9.43. The third kappa shape index (κ3) is 6.55. The summed E-state index contributed by atoms with van der Waals surface area (Å²) in [5, 5.41) is 11.3. The van der Waals surface area contributed by atoms with Gasteiger partial charge in [-0.3, -0.25) is 4.99 Å². The molecule has 1 aliphatic heterocycles. The number of anilines is 1. The quantitative estimate of drug-likeness (QED) is 0.253. The van der Waals surface area contributed by atoms with Crippen LogP contribution in [-0.2, 0) is 6.54 Å². The van der Waals surface area contributed by atoms with Gasteiger partial charge in [0.15, 0.2) is 5.96 Å². The van der Waals surface area contributed by atoms with E-state index in [2.05, 4.69) is 62.0 Å². The Balaban J connectivity index is 0.00000324. The van der Waals surface area contributed by atoms with Crippen molar-refractivity contribution in [3.63, 3.8) is 0 Å². The molecule has 0 radical (unpaired) electrons. The number of rotatable bonds is 7. The fourth-order valence-corrected chi connectivity index (χ4v) is 4.02. The number of nitrogens with zero attached hydrogens (tertiary/aromatic N) is 4. The van der Waals surface area contributed by atoms with Gasteiger partial charge in [-0.15, -0.1) is 24.0 Å². The average molecular weight is 576 g/mol. The number of aromatic nitrogens is 2. The van der Waals surface area contributed by atoms with Crippen molar-refractivity contribution in [2.75, 3.05) is 39.3 Å². The van der Waals surface area contributed by atoms with Gasteiger partial charge < -0.3 is 25.0 Å². The van der Waals surface area contributed by atoms with Crippen molar-refractivity contribution >= 4 is 35.6 Å². The zero-order valence-corrected chi connectivity index (χ0v) is 22.2. The molecule has 0 bridgehead atoms. The van der Waals surface area contributed by atoms with Gasteiger partial charge in [0.05, 0.1) is 19.9 Å². The molecule has 1 aromatic heterocycles. The van der Waals surface area contributed by atoms with Crippen LogP contribution >= 0.6 is 24.0 Å². The molecular formula is C25H33IN6O2. The van der Waals surface area contributed by atoms with Crippen molar-refractivity contribution in [3.05, 3.63) is 66.5 Å². The van der Waals surface area contributed by atoms with Crippen LogP contribution in [0.3, 0.4) is 0 Å². The van der Waals surface area contributed by atoms with E-state index in [9.17, 15) is 0 Å².